The van der Waals surface area contributed by atoms with Crippen LogP contribution >= 0.6 is 21.6 Å². The molecule has 0 bridgehead atoms. The summed E-state index contributed by atoms with van der Waals surface area (Å²) in [6.07, 6.45) is 3.03. The lowest BCUT2D eigenvalue weighted by Crippen LogP contribution is -2.40. The lowest BCUT2D eigenvalue weighted by Gasteiger charge is -2.19. The van der Waals surface area contributed by atoms with E-state index in [2.05, 4.69) is 5.32 Å². The van der Waals surface area contributed by atoms with Crippen molar-refractivity contribution in [1.29, 1.82) is 0 Å². The van der Waals surface area contributed by atoms with E-state index in [0.717, 1.165) is 35.2 Å². The van der Waals surface area contributed by atoms with Gasteiger partial charge in [-0.2, -0.15) is 0 Å². The van der Waals surface area contributed by atoms with Crippen molar-refractivity contribution in [1.82, 2.24) is 5.32 Å². The number of aliphatic hydroxyl groups excluding tert-OH is 1. The summed E-state index contributed by atoms with van der Waals surface area (Å²) in [6.45, 7) is 1.54. The predicted molar refractivity (Wildman–Crippen MR) is 91.7 cm³/mol. The zero-order chi connectivity index (χ0) is 14.9. The van der Waals surface area contributed by atoms with Crippen molar-refractivity contribution in [2.24, 2.45) is 0 Å². The summed E-state index contributed by atoms with van der Waals surface area (Å²) in [4.78, 5) is 0. The van der Waals surface area contributed by atoms with Gasteiger partial charge in [-0.3, -0.25) is 0 Å². The monoisotopic (exact) mass is 337 g/mol. The van der Waals surface area contributed by atoms with Gasteiger partial charge in [0.2, 0.25) is 0 Å². The van der Waals surface area contributed by atoms with Crippen LogP contribution in [0.25, 0.3) is 11.0 Å². The molecule has 3 heterocycles. The molecule has 2 N–H and O–H groups in total. The number of ether oxygens (including phenoxy) is 1. The first-order valence-corrected chi connectivity index (χ1v) is 10.0. The minimum absolute atomic E-state index is 0.167. The van der Waals surface area contributed by atoms with Gasteiger partial charge in [-0.25, -0.2) is 0 Å². The van der Waals surface area contributed by atoms with Crippen molar-refractivity contribution >= 4 is 32.6 Å². The van der Waals surface area contributed by atoms with Crippen LogP contribution in [0.2, 0.25) is 0 Å². The Morgan fingerprint density at radius 3 is 3.23 bits per heavy atom. The fourth-order valence-electron chi connectivity index (χ4n) is 2.97. The molecule has 22 heavy (non-hydrogen) atoms. The molecule has 3 unspecified atom stereocenters. The first kappa shape index (κ1) is 14.8. The number of fused-ring (bicyclic) bond motifs is 2. The van der Waals surface area contributed by atoms with Crippen molar-refractivity contribution in [2.75, 3.05) is 18.8 Å². The standard InChI is InChI=1S/C16H19NO3S2/c18-13(9-17-8-12-2-4-21-22-12)16-7-11-6-14-10(1-3-19-14)5-15(11)20-16/h1,3,5-6,12-13,16-18H,2,4,7-9H2. The molecule has 1 aromatic carbocycles. The molecule has 3 atom stereocenters. The van der Waals surface area contributed by atoms with Gasteiger partial charge >= 0.3 is 0 Å². The fourth-order valence-corrected chi connectivity index (χ4v) is 5.83. The summed E-state index contributed by atoms with van der Waals surface area (Å²) < 4.78 is 11.4. The smallest absolute Gasteiger partial charge is 0.134 e. The number of benzene rings is 1. The highest BCUT2D eigenvalue weighted by Crippen LogP contribution is 2.37. The molecule has 0 spiro atoms. The molecule has 4 nitrogen and oxygen atoms in total. The number of hydrogen-bond acceptors (Lipinski definition) is 6. The predicted octanol–water partition coefficient (Wildman–Crippen LogP) is 2.84. The van der Waals surface area contributed by atoms with Crippen molar-refractivity contribution < 1.29 is 14.3 Å². The van der Waals surface area contributed by atoms with Gasteiger partial charge < -0.3 is 19.6 Å². The molecule has 1 saturated heterocycles. The zero-order valence-electron chi connectivity index (χ0n) is 12.2. The number of nitrogens with one attached hydrogen (secondary N) is 1. The molecule has 2 aromatic rings. The van der Waals surface area contributed by atoms with Gasteiger partial charge in [0.1, 0.15) is 23.5 Å². The van der Waals surface area contributed by atoms with E-state index in [-0.39, 0.29) is 6.10 Å². The lowest BCUT2D eigenvalue weighted by molar-refractivity contribution is 0.0502. The van der Waals surface area contributed by atoms with Gasteiger partial charge in [0.25, 0.3) is 0 Å². The van der Waals surface area contributed by atoms with Crippen LogP contribution in [-0.4, -0.2) is 41.4 Å². The third kappa shape index (κ3) is 2.97. The van der Waals surface area contributed by atoms with Gasteiger partial charge in [-0.15, -0.1) is 0 Å². The van der Waals surface area contributed by atoms with E-state index in [1.165, 1.54) is 12.2 Å². The average molecular weight is 337 g/mol. The summed E-state index contributed by atoms with van der Waals surface area (Å²) in [7, 11) is 3.89. The summed E-state index contributed by atoms with van der Waals surface area (Å²) in [5, 5.41) is 15.5. The Balaban J connectivity index is 1.33. The normalized spacial score (nSPS) is 25.3. The number of aliphatic hydroxyl groups is 1. The summed E-state index contributed by atoms with van der Waals surface area (Å²) in [5.74, 6) is 2.11. The van der Waals surface area contributed by atoms with E-state index in [1.807, 2.05) is 39.8 Å². The first-order valence-electron chi connectivity index (χ1n) is 7.63. The third-order valence-corrected chi connectivity index (χ3v) is 7.15. The number of furan rings is 1. The van der Waals surface area contributed by atoms with Gasteiger partial charge in [-0.05, 0) is 24.6 Å². The molecule has 4 rings (SSSR count). The molecule has 0 radical (unpaired) electrons. The van der Waals surface area contributed by atoms with E-state index in [9.17, 15) is 5.11 Å². The van der Waals surface area contributed by atoms with Crippen LogP contribution in [0.5, 0.6) is 5.75 Å². The van der Waals surface area contributed by atoms with Crippen LogP contribution in [0.1, 0.15) is 12.0 Å². The van der Waals surface area contributed by atoms with Crippen LogP contribution in [0.3, 0.4) is 0 Å². The molecule has 118 valence electrons. The lowest BCUT2D eigenvalue weighted by atomic mass is 10.1. The Labute approximate surface area is 137 Å². The maximum Gasteiger partial charge on any atom is 0.134 e. The maximum atomic E-state index is 10.4. The van der Waals surface area contributed by atoms with Gasteiger partial charge in [0.15, 0.2) is 0 Å². The molecule has 2 aliphatic rings. The van der Waals surface area contributed by atoms with E-state index in [1.54, 1.807) is 6.26 Å². The second kappa shape index (κ2) is 6.35. The average Bonchev–Trinajstić information content (AvgIpc) is 3.24. The van der Waals surface area contributed by atoms with Gasteiger partial charge in [0, 0.05) is 41.5 Å². The molecule has 0 saturated carbocycles. The van der Waals surface area contributed by atoms with Crippen molar-refractivity contribution in [3.63, 3.8) is 0 Å². The minimum atomic E-state index is -0.488. The summed E-state index contributed by atoms with van der Waals surface area (Å²) in [6, 6.07) is 5.96. The van der Waals surface area contributed by atoms with Gasteiger partial charge in [0.05, 0.1) is 6.26 Å². The highest BCUT2D eigenvalue weighted by molar-refractivity contribution is 8.77. The second-order valence-corrected chi connectivity index (χ2v) is 8.62. The minimum Gasteiger partial charge on any atom is -0.487 e. The Hall–Kier alpha value is -0.820. The van der Waals surface area contributed by atoms with Crippen LogP contribution in [0.15, 0.2) is 28.9 Å². The zero-order valence-corrected chi connectivity index (χ0v) is 13.8. The van der Waals surface area contributed by atoms with E-state index < -0.39 is 6.10 Å². The Kier molecular flexibility index (Phi) is 4.26. The Bertz CT molecular complexity index is 614. The quantitative estimate of drug-likeness (QED) is 0.818. The van der Waals surface area contributed by atoms with Crippen molar-refractivity contribution in [3.05, 3.63) is 30.0 Å². The van der Waals surface area contributed by atoms with E-state index in [0.29, 0.717) is 11.8 Å². The van der Waals surface area contributed by atoms with Crippen LogP contribution < -0.4 is 10.1 Å². The largest absolute Gasteiger partial charge is 0.487 e. The van der Waals surface area contributed by atoms with Crippen LogP contribution in [0, 0.1) is 0 Å². The molecule has 1 aromatic heterocycles. The highest BCUT2D eigenvalue weighted by Gasteiger charge is 2.30. The molecule has 6 heteroatoms. The molecule has 2 aliphatic heterocycles. The molecule has 0 aliphatic carbocycles. The highest BCUT2D eigenvalue weighted by atomic mass is 33.1. The maximum absolute atomic E-state index is 10.4. The fraction of sp³-hybridized carbons (Fsp3) is 0.500. The molecule has 0 amide bonds. The molecule has 1 fully saturated rings. The van der Waals surface area contributed by atoms with Crippen LogP contribution in [0.4, 0.5) is 0 Å². The first-order chi connectivity index (χ1) is 10.8. The van der Waals surface area contributed by atoms with Crippen LogP contribution in [-0.2, 0) is 6.42 Å². The number of hydrogen-bond donors (Lipinski definition) is 2. The van der Waals surface area contributed by atoms with Crippen molar-refractivity contribution in [3.8, 4) is 5.75 Å². The summed E-state index contributed by atoms with van der Waals surface area (Å²) in [5.41, 5.74) is 2.00. The van der Waals surface area contributed by atoms with Gasteiger partial charge in [-0.1, -0.05) is 21.6 Å². The third-order valence-electron chi connectivity index (χ3n) is 4.22. The van der Waals surface area contributed by atoms with E-state index in [4.69, 9.17) is 9.15 Å². The second-order valence-electron chi connectivity index (χ2n) is 5.83. The van der Waals surface area contributed by atoms with Crippen molar-refractivity contribution in [2.45, 2.75) is 30.3 Å². The topological polar surface area (TPSA) is 54.6 Å². The SMILES string of the molecule is OC(CNCC1CCSS1)C1Cc2cc3occc3cc2O1. The Morgan fingerprint density at radius 2 is 2.36 bits per heavy atom. The summed E-state index contributed by atoms with van der Waals surface area (Å²) >= 11 is 0. The van der Waals surface area contributed by atoms with E-state index >= 15 is 0 Å². The number of rotatable bonds is 5. The molecular formula is C16H19NO3S2. The Morgan fingerprint density at radius 1 is 1.41 bits per heavy atom. The molecular weight excluding hydrogens is 318 g/mol.